The Hall–Kier alpha value is -1.33. The van der Waals surface area contributed by atoms with Gasteiger partial charge in [0.25, 0.3) is 0 Å². The van der Waals surface area contributed by atoms with Gasteiger partial charge in [0.1, 0.15) is 0 Å². The van der Waals surface area contributed by atoms with Crippen LogP contribution >= 0.6 is 0 Å². The van der Waals surface area contributed by atoms with Gasteiger partial charge in [0.2, 0.25) is 10.0 Å². The topological polar surface area (TPSA) is 66.4 Å². The standard InChI is InChI=1S/C16H25NO3S/c1-12-10-13(2)14(8-6-7-9-18)15(11-12)17-21(19,20)16(3,4)5/h6-7,10-11,17-18H,8-9H2,1-5H3/b7-6+. The molecule has 0 atom stereocenters. The number of aliphatic hydroxyl groups excluding tert-OH is 1. The van der Waals surface area contributed by atoms with Gasteiger partial charge in [-0.2, -0.15) is 0 Å². The second-order valence-electron chi connectivity index (χ2n) is 6.18. The average Bonchev–Trinajstić information content (AvgIpc) is 2.30. The highest BCUT2D eigenvalue weighted by Gasteiger charge is 2.29. The Kier molecular flexibility index (Phi) is 5.59. The van der Waals surface area contributed by atoms with Crippen molar-refractivity contribution in [2.75, 3.05) is 11.3 Å². The first kappa shape index (κ1) is 17.7. The van der Waals surface area contributed by atoms with Crippen LogP contribution in [-0.4, -0.2) is 24.9 Å². The number of aliphatic hydroxyl groups is 1. The van der Waals surface area contributed by atoms with Crippen LogP contribution in [0.2, 0.25) is 0 Å². The minimum Gasteiger partial charge on any atom is -0.392 e. The lowest BCUT2D eigenvalue weighted by atomic mass is 10.0. The largest absolute Gasteiger partial charge is 0.392 e. The lowest BCUT2D eigenvalue weighted by molar-refractivity contribution is 0.342. The molecule has 0 saturated carbocycles. The van der Waals surface area contributed by atoms with Gasteiger partial charge in [-0.3, -0.25) is 4.72 Å². The number of aryl methyl sites for hydroxylation is 2. The number of benzene rings is 1. The van der Waals surface area contributed by atoms with Gasteiger partial charge < -0.3 is 5.11 Å². The van der Waals surface area contributed by atoms with Crippen LogP contribution in [0.3, 0.4) is 0 Å². The Morgan fingerprint density at radius 3 is 2.33 bits per heavy atom. The molecule has 2 N–H and O–H groups in total. The lowest BCUT2D eigenvalue weighted by Gasteiger charge is -2.22. The Labute approximate surface area is 127 Å². The highest BCUT2D eigenvalue weighted by Crippen LogP contribution is 2.27. The van der Waals surface area contributed by atoms with E-state index in [1.54, 1.807) is 26.8 Å². The summed E-state index contributed by atoms with van der Waals surface area (Å²) in [4.78, 5) is 0. The molecule has 0 saturated heterocycles. The third-order valence-corrected chi connectivity index (χ3v) is 5.36. The smallest absolute Gasteiger partial charge is 0.237 e. The Morgan fingerprint density at radius 1 is 1.19 bits per heavy atom. The highest BCUT2D eigenvalue weighted by molar-refractivity contribution is 7.94. The van der Waals surface area contributed by atoms with E-state index in [0.29, 0.717) is 12.1 Å². The van der Waals surface area contributed by atoms with E-state index in [1.165, 1.54) is 0 Å². The molecule has 0 radical (unpaired) electrons. The summed E-state index contributed by atoms with van der Waals surface area (Å²) in [5.74, 6) is 0. The molecular formula is C16H25NO3S. The first-order valence-electron chi connectivity index (χ1n) is 6.97. The van der Waals surface area contributed by atoms with Gasteiger partial charge in [0, 0.05) is 0 Å². The zero-order chi connectivity index (χ0) is 16.3. The molecule has 1 rings (SSSR count). The quantitative estimate of drug-likeness (QED) is 0.822. The van der Waals surface area contributed by atoms with Crippen molar-refractivity contribution in [2.24, 2.45) is 0 Å². The van der Waals surface area contributed by atoms with E-state index in [4.69, 9.17) is 5.11 Å². The van der Waals surface area contributed by atoms with Gasteiger partial charge in [-0.25, -0.2) is 8.42 Å². The summed E-state index contributed by atoms with van der Waals surface area (Å²) in [6.07, 6.45) is 4.07. The van der Waals surface area contributed by atoms with Crippen molar-refractivity contribution in [2.45, 2.75) is 45.8 Å². The SMILES string of the molecule is Cc1cc(C)c(C/C=C/CO)c(NS(=O)(=O)C(C)(C)C)c1. The molecule has 0 spiro atoms. The fraction of sp³-hybridized carbons (Fsp3) is 0.500. The van der Waals surface area contributed by atoms with Crippen molar-refractivity contribution in [3.63, 3.8) is 0 Å². The predicted molar refractivity (Wildman–Crippen MR) is 88.1 cm³/mol. The summed E-state index contributed by atoms with van der Waals surface area (Å²) in [6, 6.07) is 3.87. The maximum absolute atomic E-state index is 12.4. The van der Waals surface area contributed by atoms with Crippen LogP contribution in [0.5, 0.6) is 0 Å². The fourth-order valence-corrected chi connectivity index (χ4v) is 2.71. The maximum atomic E-state index is 12.4. The monoisotopic (exact) mass is 311 g/mol. The summed E-state index contributed by atoms with van der Waals surface area (Å²) >= 11 is 0. The fourth-order valence-electron chi connectivity index (χ4n) is 1.93. The Morgan fingerprint density at radius 2 is 1.81 bits per heavy atom. The third-order valence-electron chi connectivity index (χ3n) is 3.26. The first-order chi connectivity index (χ1) is 9.58. The molecule has 0 aromatic heterocycles. The molecule has 0 aliphatic heterocycles. The van der Waals surface area contributed by atoms with Crippen LogP contribution in [0.4, 0.5) is 5.69 Å². The van der Waals surface area contributed by atoms with Crippen LogP contribution in [0.1, 0.15) is 37.5 Å². The number of anilines is 1. The summed E-state index contributed by atoms with van der Waals surface area (Å²) in [5, 5.41) is 8.82. The van der Waals surface area contributed by atoms with Crippen molar-refractivity contribution in [3.8, 4) is 0 Å². The van der Waals surface area contributed by atoms with Crippen LogP contribution in [0, 0.1) is 13.8 Å². The van der Waals surface area contributed by atoms with Crippen molar-refractivity contribution in [1.29, 1.82) is 0 Å². The van der Waals surface area contributed by atoms with E-state index in [1.807, 2.05) is 32.1 Å². The lowest BCUT2D eigenvalue weighted by Crippen LogP contribution is -2.34. The van der Waals surface area contributed by atoms with E-state index in [2.05, 4.69) is 4.72 Å². The molecule has 0 aliphatic carbocycles. The molecule has 0 unspecified atom stereocenters. The van der Waals surface area contributed by atoms with Crippen LogP contribution in [0.25, 0.3) is 0 Å². The molecule has 118 valence electrons. The predicted octanol–water partition coefficient (Wildman–Crippen LogP) is 2.93. The van der Waals surface area contributed by atoms with E-state index in [-0.39, 0.29) is 6.61 Å². The molecular weight excluding hydrogens is 286 g/mol. The second kappa shape index (κ2) is 6.62. The van der Waals surface area contributed by atoms with Gasteiger partial charge in [-0.05, 0) is 63.8 Å². The number of hydrogen-bond donors (Lipinski definition) is 2. The van der Waals surface area contributed by atoms with Gasteiger partial charge in [0.05, 0.1) is 17.0 Å². The summed E-state index contributed by atoms with van der Waals surface area (Å²) < 4.78 is 26.6. The maximum Gasteiger partial charge on any atom is 0.237 e. The molecule has 0 bridgehead atoms. The molecule has 0 aliphatic rings. The second-order valence-corrected chi connectivity index (χ2v) is 8.62. The van der Waals surface area contributed by atoms with Crippen molar-refractivity contribution in [1.82, 2.24) is 0 Å². The molecule has 0 fully saturated rings. The third kappa shape index (κ3) is 4.58. The molecule has 0 amide bonds. The van der Waals surface area contributed by atoms with Gasteiger partial charge in [-0.15, -0.1) is 0 Å². The zero-order valence-electron chi connectivity index (χ0n) is 13.4. The minimum atomic E-state index is -3.46. The molecule has 5 heteroatoms. The van der Waals surface area contributed by atoms with Crippen LogP contribution in [0.15, 0.2) is 24.3 Å². The van der Waals surface area contributed by atoms with E-state index in [0.717, 1.165) is 16.7 Å². The number of rotatable bonds is 5. The number of allylic oxidation sites excluding steroid dienone is 1. The van der Waals surface area contributed by atoms with Gasteiger partial charge in [-0.1, -0.05) is 18.2 Å². The molecule has 21 heavy (non-hydrogen) atoms. The van der Waals surface area contributed by atoms with E-state index >= 15 is 0 Å². The minimum absolute atomic E-state index is 0.0199. The highest BCUT2D eigenvalue weighted by atomic mass is 32.2. The van der Waals surface area contributed by atoms with Crippen molar-refractivity contribution >= 4 is 15.7 Å². The Balaban J connectivity index is 3.25. The molecule has 1 aromatic carbocycles. The van der Waals surface area contributed by atoms with Gasteiger partial charge in [0.15, 0.2) is 0 Å². The number of hydrogen-bond acceptors (Lipinski definition) is 3. The summed E-state index contributed by atoms with van der Waals surface area (Å²) in [6.45, 7) is 8.89. The molecule has 4 nitrogen and oxygen atoms in total. The first-order valence-corrected chi connectivity index (χ1v) is 8.45. The molecule has 0 heterocycles. The normalized spacial score (nSPS) is 12.9. The van der Waals surface area contributed by atoms with Crippen molar-refractivity contribution in [3.05, 3.63) is 41.0 Å². The summed E-state index contributed by atoms with van der Waals surface area (Å²) in [5.41, 5.74) is 3.58. The summed E-state index contributed by atoms with van der Waals surface area (Å²) in [7, 11) is -3.46. The van der Waals surface area contributed by atoms with Crippen LogP contribution in [-0.2, 0) is 16.4 Å². The van der Waals surface area contributed by atoms with E-state index < -0.39 is 14.8 Å². The van der Waals surface area contributed by atoms with E-state index in [9.17, 15) is 8.42 Å². The number of nitrogens with one attached hydrogen (secondary N) is 1. The average molecular weight is 311 g/mol. The van der Waals surface area contributed by atoms with Gasteiger partial charge >= 0.3 is 0 Å². The zero-order valence-corrected chi connectivity index (χ0v) is 14.2. The number of sulfonamides is 1. The molecule has 1 aromatic rings. The van der Waals surface area contributed by atoms with Crippen LogP contribution < -0.4 is 4.72 Å². The Bertz CT molecular complexity index is 626. The van der Waals surface area contributed by atoms with Crippen molar-refractivity contribution < 1.29 is 13.5 Å².